The van der Waals surface area contributed by atoms with Gasteiger partial charge in [-0.1, -0.05) is 32.0 Å². The highest BCUT2D eigenvalue weighted by Crippen LogP contribution is 2.16. The highest BCUT2D eigenvalue weighted by Gasteiger charge is 2.11. The minimum Gasteiger partial charge on any atom is -0.398 e. The monoisotopic (exact) mass is 271 g/mol. The number of para-hydroxylation sites is 1. The van der Waals surface area contributed by atoms with Crippen LogP contribution in [-0.2, 0) is 19.4 Å². The first kappa shape index (κ1) is 14.2. The molecular formula is C15H21N5. The average molecular weight is 271 g/mol. The molecule has 1 aromatic carbocycles. The maximum atomic E-state index is 5.97. The van der Waals surface area contributed by atoms with E-state index in [0.717, 1.165) is 35.5 Å². The fourth-order valence-corrected chi connectivity index (χ4v) is 2.09. The maximum Gasteiger partial charge on any atom is 0.245 e. The van der Waals surface area contributed by atoms with Gasteiger partial charge in [-0.3, -0.25) is 0 Å². The smallest absolute Gasteiger partial charge is 0.245 e. The first-order valence-electron chi connectivity index (χ1n) is 6.92. The van der Waals surface area contributed by atoms with Crippen LogP contribution in [0.5, 0.6) is 0 Å². The molecule has 5 nitrogen and oxygen atoms in total. The SMILES string of the molecule is CCc1nnc(N(C)Cc2ccccc2N)nc1CC. The lowest BCUT2D eigenvalue weighted by Gasteiger charge is -2.18. The molecule has 0 spiro atoms. The molecule has 0 aliphatic carbocycles. The Balaban J connectivity index is 2.21. The lowest BCUT2D eigenvalue weighted by Crippen LogP contribution is -2.21. The molecule has 0 aliphatic heterocycles. The molecule has 0 atom stereocenters. The van der Waals surface area contributed by atoms with Crippen molar-refractivity contribution < 1.29 is 0 Å². The van der Waals surface area contributed by atoms with Crippen molar-refractivity contribution in [1.82, 2.24) is 15.2 Å². The number of rotatable bonds is 5. The molecule has 0 fully saturated rings. The van der Waals surface area contributed by atoms with Crippen LogP contribution in [-0.4, -0.2) is 22.2 Å². The molecule has 2 rings (SSSR count). The Morgan fingerprint density at radius 1 is 1.05 bits per heavy atom. The Hall–Kier alpha value is -2.17. The summed E-state index contributed by atoms with van der Waals surface area (Å²) in [6.07, 6.45) is 1.73. The topological polar surface area (TPSA) is 67.9 Å². The Labute approximate surface area is 119 Å². The molecule has 2 aromatic rings. The summed E-state index contributed by atoms with van der Waals surface area (Å²) in [5.74, 6) is 0.641. The van der Waals surface area contributed by atoms with Crippen LogP contribution in [0, 0.1) is 0 Å². The summed E-state index contributed by atoms with van der Waals surface area (Å²) in [4.78, 5) is 6.57. The standard InChI is InChI=1S/C15H21N5/c1-4-13-14(5-2)18-19-15(17-13)20(3)10-11-8-6-7-9-12(11)16/h6-9H,4-5,10,16H2,1-3H3. The van der Waals surface area contributed by atoms with E-state index >= 15 is 0 Å². The molecule has 20 heavy (non-hydrogen) atoms. The van der Waals surface area contributed by atoms with Crippen LogP contribution in [0.3, 0.4) is 0 Å². The van der Waals surface area contributed by atoms with Crippen LogP contribution in [0.15, 0.2) is 24.3 Å². The number of anilines is 2. The Morgan fingerprint density at radius 3 is 2.40 bits per heavy atom. The van der Waals surface area contributed by atoms with Crippen LogP contribution in [0.1, 0.15) is 30.8 Å². The number of aromatic nitrogens is 3. The number of nitrogens with zero attached hydrogens (tertiary/aromatic N) is 4. The summed E-state index contributed by atoms with van der Waals surface area (Å²) < 4.78 is 0. The largest absolute Gasteiger partial charge is 0.398 e. The zero-order valence-corrected chi connectivity index (χ0v) is 12.3. The third-order valence-electron chi connectivity index (χ3n) is 3.30. The Bertz CT molecular complexity index is 582. The average Bonchev–Trinajstić information content (AvgIpc) is 2.48. The Kier molecular flexibility index (Phi) is 4.50. The molecule has 1 heterocycles. The van der Waals surface area contributed by atoms with Gasteiger partial charge in [-0.15, -0.1) is 5.10 Å². The second-order valence-electron chi connectivity index (χ2n) is 4.77. The summed E-state index contributed by atoms with van der Waals surface area (Å²) >= 11 is 0. The second-order valence-corrected chi connectivity index (χ2v) is 4.77. The van der Waals surface area contributed by atoms with Gasteiger partial charge in [0.25, 0.3) is 0 Å². The molecule has 0 radical (unpaired) electrons. The zero-order valence-electron chi connectivity index (χ0n) is 12.3. The molecule has 0 saturated heterocycles. The van der Waals surface area contributed by atoms with Gasteiger partial charge in [0.2, 0.25) is 5.95 Å². The van der Waals surface area contributed by atoms with Crippen molar-refractivity contribution >= 4 is 11.6 Å². The van der Waals surface area contributed by atoms with Gasteiger partial charge < -0.3 is 10.6 Å². The summed E-state index contributed by atoms with van der Waals surface area (Å²) in [6.45, 7) is 4.82. The summed E-state index contributed by atoms with van der Waals surface area (Å²) in [5, 5.41) is 8.48. The molecule has 2 N–H and O–H groups in total. The number of nitrogens with two attached hydrogens (primary N) is 1. The Morgan fingerprint density at radius 2 is 1.75 bits per heavy atom. The predicted octanol–water partition coefficient (Wildman–Crippen LogP) is 2.21. The van der Waals surface area contributed by atoms with Crippen molar-refractivity contribution in [2.75, 3.05) is 17.7 Å². The number of benzene rings is 1. The number of hydrogen-bond acceptors (Lipinski definition) is 5. The molecule has 0 saturated carbocycles. The fraction of sp³-hybridized carbons (Fsp3) is 0.400. The van der Waals surface area contributed by atoms with Crippen LogP contribution < -0.4 is 10.6 Å². The van der Waals surface area contributed by atoms with Crippen LogP contribution >= 0.6 is 0 Å². The number of hydrogen-bond donors (Lipinski definition) is 1. The van der Waals surface area contributed by atoms with E-state index in [4.69, 9.17) is 5.73 Å². The molecule has 5 heteroatoms. The normalized spacial score (nSPS) is 10.6. The van der Waals surface area contributed by atoms with E-state index in [1.807, 2.05) is 36.2 Å². The molecule has 0 bridgehead atoms. The first-order chi connectivity index (χ1) is 9.65. The summed E-state index contributed by atoms with van der Waals surface area (Å²) in [6, 6.07) is 7.83. The van der Waals surface area contributed by atoms with Crippen molar-refractivity contribution in [1.29, 1.82) is 0 Å². The van der Waals surface area contributed by atoms with Crippen molar-refractivity contribution in [2.45, 2.75) is 33.2 Å². The first-order valence-corrected chi connectivity index (χ1v) is 6.92. The van der Waals surface area contributed by atoms with Gasteiger partial charge in [0.1, 0.15) is 0 Å². The van der Waals surface area contributed by atoms with Crippen molar-refractivity contribution in [3.63, 3.8) is 0 Å². The van der Waals surface area contributed by atoms with Gasteiger partial charge in [-0.25, -0.2) is 4.98 Å². The van der Waals surface area contributed by atoms with E-state index in [9.17, 15) is 0 Å². The van der Waals surface area contributed by atoms with Gasteiger partial charge >= 0.3 is 0 Å². The quantitative estimate of drug-likeness (QED) is 0.844. The van der Waals surface area contributed by atoms with Crippen LogP contribution in [0.2, 0.25) is 0 Å². The highest BCUT2D eigenvalue weighted by atomic mass is 15.3. The van der Waals surface area contributed by atoms with Gasteiger partial charge in [0.15, 0.2) is 0 Å². The third kappa shape index (κ3) is 3.04. The molecular weight excluding hydrogens is 250 g/mol. The minimum atomic E-state index is 0.641. The predicted molar refractivity (Wildman–Crippen MR) is 81.5 cm³/mol. The van der Waals surface area contributed by atoms with Gasteiger partial charge in [0, 0.05) is 19.3 Å². The van der Waals surface area contributed by atoms with E-state index < -0.39 is 0 Å². The van der Waals surface area contributed by atoms with E-state index in [0.29, 0.717) is 12.5 Å². The van der Waals surface area contributed by atoms with Gasteiger partial charge in [-0.2, -0.15) is 5.10 Å². The van der Waals surface area contributed by atoms with Gasteiger partial charge in [0.05, 0.1) is 11.4 Å². The third-order valence-corrected chi connectivity index (χ3v) is 3.30. The summed E-state index contributed by atoms with van der Waals surface area (Å²) in [5.41, 5.74) is 9.81. The van der Waals surface area contributed by atoms with E-state index in [1.165, 1.54) is 0 Å². The van der Waals surface area contributed by atoms with Crippen LogP contribution in [0.4, 0.5) is 11.6 Å². The van der Waals surface area contributed by atoms with E-state index in [-0.39, 0.29) is 0 Å². The molecule has 0 amide bonds. The van der Waals surface area contributed by atoms with E-state index in [2.05, 4.69) is 29.0 Å². The maximum absolute atomic E-state index is 5.97. The highest BCUT2D eigenvalue weighted by molar-refractivity contribution is 5.48. The van der Waals surface area contributed by atoms with Gasteiger partial charge in [-0.05, 0) is 24.5 Å². The fourth-order valence-electron chi connectivity index (χ4n) is 2.09. The molecule has 106 valence electrons. The lowest BCUT2D eigenvalue weighted by molar-refractivity contribution is 0.772. The molecule has 0 aliphatic rings. The lowest BCUT2D eigenvalue weighted by atomic mass is 10.2. The minimum absolute atomic E-state index is 0.641. The van der Waals surface area contributed by atoms with Crippen molar-refractivity contribution in [2.24, 2.45) is 0 Å². The summed E-state index contributed by atoms with van der Waals surface area (Å²) in [7, 11) is 1.95. The molecule has 1 aromatic heterocycles. The number of aryl methyl sites for hydroxylation is 2. The van der Waals surface area contributed by atoms with Crippen LogP contribution in [0.25, 0.3) is 0 Å². The zero-order chi connectivity index (χ0) is 14.5. The number of nitrogen functional groups attached to an aromatic ring is 1. The van der Waals surface area contributed by atoms with Crippen molar-refractivity contribution in [3.8, 4) is 0 Å². The van der Waals surface area contributed by atoms with E-state index in [1.54, 1.807) is 0 Å². The second kappa shape index (κ2) is 6.32. The molecule has 0 unspecified atom stereocenters. The van der Waals surface area contributed by atoms with Crippen molar-refractivity contribution in [3.05, 3.63) is 41.2 Å².